The molecule has 0 radical (unpaired) electrons. The third kappa shape index (κ3) is 5.29. The summed E-state index contributed by atoms with van der Waals surface area (Å²) < 4.78 is 5.87. The second-order valence-corrected chi connectivity index (χ2v) is 7.74. The topological polar surface area (TPSA) is 44.8 Å². The molecule has 3 saturated heterocycles. The third-order valence-corrected chi connectivity index (χ3v) is 6.05. The summed E-state index contributed by atoms with van der Waals surface area (Å²) in [4.78, 5) is 16.8. The number of likely N-dealkylation sites (tertiary alicyclic amines) is 1. The number of amides is 1. The number of piperidine rings is 2. The number of carbonyl (C=O) groups excluding carboxylic acids is 1. The molecular formula is C20H31Cl2N3O2. The van der Waals surface area contributed by atoms with Gasteiger partial charge in [-0.15, -0.1) is 24.8 Å². The number of hydrogen-bond acceptors (Lipinski definition) is 4. The van der Waals surface area contributed by atoms with Gasteiger partial charge >= 0.3 is 6.09 Å². The maximum absolute atomic E-state index is 12.3. The molecule has 3 heterocycles. The predicted octanol–water partition coefficient (Wildman–Crippen LogP) is 3.11. The van der Waals surface area contributed by atoms with E-state index in [4.69, 9.17) is 4.74 Å². The zero-order valence-electron chi connectivity index (χ0n) is 15.8. The minimum atomic E-state index is -0.244. The van der Waals surface area contributed by atoms with Crippen molar-refractivity contribution in [3.63, 3.8) is 0 Å². The van der Waals surface area contributed by atoms with Crippen molar-refractivity contribution >= 4 is 30.9 Å². The number of hydrogen-bond donors (Lipinski definition) is 1. The van der Waals surface area contributed by atoms with Crippen molar-refractivity contribution in [3.8, 4) is 0 Å². The fourth-order valence-electron chi connectivity index (χ4n) is 4.48. The molecule has 0 aliphatic carbocycles. The summed E-state index contributed by atoms with van der Waals surface area (Å²) in [6.45, 7) is 5.87. The van der Waals surface area contributed by atoms with E-state index in [0.29, 0.717) is 6.04 Å². The van der Waals surface area contributed by atoms with Crippen LogP contribution in [0.1, 0.15) is 31.2 Å². The van der Waals surface area contributed by atoms with Gasteiger partial charge in [-0.1, -0.05) is 30.3 Å². The minimum absolute atomic E-state index is 0. The molecule has 27 heavy (non-hydrogen) atoms. The highest BCUT2D eigenvalue weighted by Gasteiger charge is 2.47. The molecule has 3 aliphatic rings. The van der Waals surface area contributed by atoms with Crippen molar-refractivity contribution in [2.24, 2.45) is 0 Å². The summed E-state index contributed by atoms with van der Waals surface area (Å²) in [7, 11) is 0. The summed E-state index contributed by atoms with van der Waals surface area (Å²) in [6.07, 6.45) is 5.28. The lowest BCUT2D eigenvalue weighted by atomic mass is 9.89. The van der Waals surface area contributed by atoms with Crippen LogP contribution < -0.4 is 5.32 Å². The van der Waals surface area contributed by atoms with Gasteiger partial charge in [0.05, 0.1) is 6.54 Å². The average molecular weight is 416 g/mol. The summed E-state index contributed by atoms with van der Waals surface area (Å²) in [6, 6.07) is 11.0. The summed E-state index contributed by atoms with van der Waals surface area (Å²) >= 11 is 0. The molecule has 1 aromatic rings. The highest BCUT2D eigenvalue weighted by molar-refractivity contribution is 5.85. The molecule has 1 amide bonds. The molecule has 3 fully saturated rings. The van der Waals surface area contributed by atoms with Crippen LogP contribution in [0.5, 0.6) is 0 Å². The van der Waals surface area contributed by atoms with Gasteiger partial charge < -0.3 is 15.0 Å². The first kappa shape index (κ1) is 22.3. The van der Waals surface area contributed by atoms with Gasteiger partial charge in [0.15, 0.2) is 0 Å². The van der Waals surface area contributed by atoms with Crippen molar-refractivity contribution < 1.29 is 9.53 Å². The molecule has 3 aliphatic heterocycles. The van der Waals surface area contributed by atoms with Crippen LogP contribution in [0.15, 0.2) is 30.3 Å². The first-order valence-electron chi connectivity index (χ1n) is 9.71. The Hall–Kier alpha value is -1.01. The largest absolute Gasteiger partial charge is 0.441 e. The van der Waals surface area contributed by atoms with Crippen LogP contribution in [0.4, 0.5) is 4.79 Å². The molecule has 1 unspecified atom stereocenters. The fourth-order valence-corrected chi connectivity index (χ4v) is 4.48. The van der Waals surface area contributed by atoms with E-state index in [-0.39, 0.29) is 36.5 Å². The molecule has 1 aromatic carbocycles. The zero-order valence-corrected chi connectivity index (χ0v) is 17.4. The Bertz CT molecular complexity index is 588. The molecule has 0 bridgehead atoms. The van der Waals surface area contributed by atoms with E-state index in [1.165, 1.54) is 18.4 Å². The smallest absolute Gasteiger partial charge is 0.410 e. The molecule has 1 atom stereocenters. The van der Waals surface area contributed by atoms with E-state index in [2.05, 4.69) is 34.5 Å². The number of rotatable bonds is 4. The zero-order chi connectivity index (χ0) is 17.1. The lowest BCUT2D eigenvalue weighted by Crippen LogP contribution is -2.53. The van der Waals surface area contributed by atoms with E-state index >= 15 is 0 Å². The van der Waals surface area contributed by atoms with Crippen molar-refractivity contribution in [2.45, 2.75) is 43.7 Å². The fraction of sp³-hybridized carbons (Fsp3) is 0.650. The van der Waals surface area contributed by atoms with Crippen LogP contribution >= 0.6 is 24.8 Å². The number of ether oxygens (including phenoxy) is 1. The van der Waals surface area contributed by atoms with Gasteiger partial charge in [-0.25, -0.2) is 4.79 Å². The standard InChI is InChI=1S/C20H29N3O2.2ClH/c24-19-23(12-8-17-5-2-1-3-6-17)16-20(25-19)9-13-22(14-10-20)18-7-4-11-21-15-18;;/h1-3,5-6,18,21H,4,7-16H2;2*1H. The van der Waals surface area contributed by atoms with Gasteiger partial charge in [-0.3, -0.25) is 4.90 Å². The SMILES string of the molecule is Cl.Cl.O=C1OC2(CCN(C3CCCNC3)CC2)CN1CCc1ccccc1. The van der Waals surface area contributed by atoms with E-state index in [1.54, 1.807) is 0 Å². The minimum Gasteiger partial charge on any atom is -0.441 e. The van der Waals surface area contributed by atoms with Gasteiger partial charge in [0.1, 0.15) is 5.60 Å². The van der Waals surface area contributed by atoms with Crippen LogP contribution in [0.25, 0.3) is 0 Å². The van der Waals surface area contributed by atoms with Crippen molar-refractivity contribution in [3.05, 3.63) is 35.9 Å². The number of halogens is 2. The van der Waals surface area contributed by atoms with Crippen molar-refractivity contribution in [1.82, 2.24) is 15.1 Å². The molecule has 0 saturated carbocycles. The first-order chi connectivity index (χ1) is 12.2. The molecular weight excluding hydrogens is 385 g/mol. The van der Waals surface area contributed by atoms with Gasteiger partial charge in [0.25, 0.3) is 0 Å². The van der Waals surface area contributed by atoms with E-state index < -0.39 is 0 Å². The quantitative estimate of drug-likeness (QED) is 0.820. The molecule has 1 N–H and O–H groups in total. The summed E-state index contributed by atoms with van der Waals surface area (Å²) in [5, 5.41) is 3.50. The molecule has 0 aromatic heterocycles. The second-order valence-electron chi connectivity index (χ2n) is 7.74. The first-order valence-corrected chi connectivity index (χ1v) is 9.71. The number of benzene rings is 1. The predicted molar refractivity (Wildman–Crippen MR) is 112 cm³/mol. The summed E-state index contributed by atoms with van der Waals surface area (Å²) in [5.41, 5.74) is 1.03. The molecule has 7 heteroatoms. The Morgan fingerprint density at radius 1 is 1.15 bits per heavy atom. The van der Waals surface area contributed by atoms with E-state index in [9.17, 15) is 4.79 Å². The normalized spacial score (nSPS) is 24.8. The second kappa shape index (κ2) is 9.97. The maximum atomic E-state index is 12.3. The molecule has 4 rings (SSSR count). The Labute approximate surface area is 174 Å². The van der Waals surface area contributed by atoms with Crippen LogP contribution in [-0.4, -0.2) is 66.8 Å². The highest BCUT2D eigenvalue weighted by Crippen LogP contribution is 2.34. The Morgan fingerprint density at radius 2 is 1.89 bits per heavy atom. The number of carbonyl (C=O) groups is 1. The number of nitrogens with zero attached hydrogens (tertiary/aromatic N) is 2. The van der Waals surface area contributed by atoms with Crippen LogP contribution in [0, 0.1) is 0 Å². The summed E-state index contributed by atoms with van der Waals surface area (Å²) in [5.74, 6) is 0. The average Bonchev–Trinajstić information content (AvgIpc) is 2.97. The van der Waals surface area contributed by atoms with Crippen LogP contribution in [0.2, 0.25) is 0 Å². The number of nitrogens with one attached hydrogen (secondary N) is 1. The van der Waals surface area contributed by atoms with Gasteiger partial charge in [0.2, 0.25) is 0 Å². The lowest BCUT2D eigenvalue weighted by molar-refractivity contribution is -0.0127. The van der Waals surface area contributed by atoms with Gasteiger partial charge in [-0.05, 0) is 31.4 Å². The maximum Gasteiger partial charge on any atom is 0.410 e. The van der Waals surface area contributed by atoms with Gasteiger partial charge in [0, 0.05) is 45.1 Å². The Morgan fingerprint density at radius 3 is 2.56 bits per heavy atom. The van der Waals surface area contributed by atoms with E-state index in [0.717, 1.165) is 58.5 Å². The highest BCUT2D eigenvalue weighted by atomic mass is 35.5. The lowest BCUT2D eigenvalue weighted by Gasteiger charge is -2.42. The monoisotopic (exact) mass is 415 g/mol. The van der Waals surface area contributed by atoms with Crippen LogP contribution in [-0.2, 0) is 11.2 Å². The Kier molecular flexibility index (Phi) is 8.22. The molecule has 152 valence electrons. The third-order valence-electron chi connectivity index (χ3n) is 6.05. The van der Waals surface area contributed by atoms with Gasteiger partial charge in [-0.2, -0.15) is 0 Å². The molecule has 5 nitrogen and oxygen atoms in total. The van der Waals surface area contributed by atoms with Crippen LogP contribution in [0.3, 0.4) is 0 Å². The molecule has 1 spiro atoms. The Balaban J connectivity index is 0.00000131. The van der Waals surface area contributed by atoms with Crippen molar-refractivity contribution in [2.75, 3.05) is 39.3 Å². The van der Waals surface area contributed by atoms with Crippen molar-refractivity contribution in [1.29, 1.82) is 0 Å². The van der Waals surface area contributed by atoms with E-state index in [1.807, 2.05) is 11.0 Å².